The Hall–Kier alpha value is -6.21. The zero-order chi connectivity index (χ0) is 35.1. The van der Waals surface area contributed by atoms with Gasteiger partial charge >= 0.3 is 6.09 Å². The first-order valence-corrected chi connectivity index (χ1v) is 15.9. The highest BCUT2D eigenvalue weighted by molar-refractivity contribution is 5.92. The summed E-state index contributed by atoms with van der Waals surface area (Å²) in [6.07, 6.45) is 4.21. The first kappa shape index (κ1) is 35.1. The standard InChI is InChI=1S/C37H36N6O7/c44-31(14-9-21-49-33-15-7-8-18-39-33)34(46)29(22-26-10-3-1-4-11-26)41-32(45)24-43-35(28-12-5-2-6-13-28)40-23-30(36(43)47)42-37(48)50-25-27-16-19-38-20-17-27/h1-8,10-13,15-20,23,29,31,44H,9,14,21-22,24-25H2,(H,41,45)(H,42,48)/t29-,31?/m0/s1. The smallest absolute Gasteiger partial charge is 0.412 e. The van der Waals surface area contributed by atoms with Gasteiger partial charge in [0.05, 0.1) is 18.8 Å². The van der Waals surface area contributed by atoms with E-state index in [1.807, 2.05) is 30.3 Å². The molecule has 0 radical (unpaired) electrons. The number of nitrogens with one attached hydrogen (secondary N) is 2. The Morgan fingerprint density at radius 2 is 1.56 bits per heavy atom. The number of carbonyl (C=O) groups excluding carboxylic acids is 3. The van der Waals surface area contributed by atoms with Gasteiger partial charge in [-0.05, 0) is 48.6 Å². The molecule has 5 rings (SSSR count). The van der Waals surface area contributed by atoms with Crippen molar-refractivity contribution in [1.29, 1.82) is 0 Å². The van der Waals surface area contributed by atoms with Crippen LogP contribution in [-0.4, -0.2) is 61.2 Å². The lowest BCUT2D eigenvalue weighted by Crippen LogP contribution is -2.48. The molecular formula is C37H36N6O7. The van der Waals surface area contributed by atoms with Crippen LogP contribution in [-0.2, 0) is 33.9 Å². The molecule has 50 heavy (non-hydrogen) atoms. The summed E-state index contributed by atoms with van der Waals surface area (Å²) in [5.74, 6) is -0.659. The SMILES string of the molecule is O=C(Cn1c(-c2ccccc2)ncc(NC(=O)OCc2ccncc2)c1=O)N[C@@H](Cc1ccccc1)C(=O)C(O)CCCOc1ccccn1. The van der Waals surface area contributed by atoms with Gasteiger partial charge in [-0.3, -0.25) is 29.3 Å². The third-order valence-corrected chi connectivity index (χ3v) is 7.54. The summed E-state index contributed by atoms with van der Waals surface area (Å²) in [5.41, 5.74) is 1.08. The lowest BCUT2D eigenvalue weighted by atomic mass is 9.97. The second-order valence-electron chi connectivity index (χ2n) is 11.2. The summed E-state index contributed by atoms with van der Waals surface area (Å²) in [6, 6.07) is 25.3. The van der Waals surface area contributed by atoms with E-state index in [0.29, 0.717) is 23.4 Å². The second kappa shape index (κ2) is 17.8. The van der Waals surface area contributed by atoms with Gasteiger partial charge in [-0.2, -0.15) is 0 Å². The zero-order valence-corrected chi connectivity index (χ0v) is 27.1. The Labute approximate surface area is 288 Å². The molecule has 3 N–H and O–H groups in total. The van der Waals surface area contributed by atoms with Crippen molar-refractivity contribution in [2.24, 2.45) is 0 Å². The number of ketones is 1. The number of carbonyl (C=O) groups is 3. The molecular weight excluding hydrogens is 640 g/mol. The Morgan fingerprint density at radius 1 is 0.840 bits per heavy atom. The number of Topliss-reactive ketones (excluding diaryl/α,β-unsaturated/α-hetero) is 1. The van der Waals surface area contributed by atoms with Gasteiger partial charge in [0, 0.05) is 30.2 Å². The molecule has 3 aromatic heterocycles. The van der Waals surface area contributed by atoms with Crippen LogP contribution in [0.2, 0.25) is 0 Å². The second-order valence-corrected chi connectivity index (χ2v) is 11.2. The maximum absolute atomic E-state index is 13.7. The van der Waals surface area contributed by atoms with Crippen LogP contribution in [0.25, 0.3) is 11.4 Å². The molecule has 256 valence electrons. The predicted octanol–water partition coefficient (Wildman–Crippen LogP) is 3.97. The average Bonchev–Trinajstić information content (AvgIpc) is 3.15. The largest absolute Gasteiger partial charge is 0.478 e. The maximum Gasteiger partial charge on any atom is 0.412 e. The van der Waals surface area contributed by atoms with Crippen molar-refractivity contribution in [3.8, 4) is 17.3 Å². The molecule has 2 atom stereocenters. The molecule has 0 fully saturated rings. The molecule has 0 saturated carbocycles. The number of aromatic nitrogens is 4. The van der Waals surface area contributed by atoms with Crippen molar-refractivity contribution in [3.63, 3.8) is 0 Å². The fourth-order valence-electron chi connectivity index (χ4n) is 5.03. The molecule has 1 unspecified atom stereocenters. The van der Waals surface area contributed by atoms with E-state index >= 15 is 0 Å². The highest BCUT2D eigenvalue weighted by Crippen LogP contribution is 2.17. The molecule has 0 aliphatic carbocycles. The van der Waals surface area contributed by atoms with Crippen molar-refractivity contribution in [3.05, 3.63) is 137 Å². The minimum absolute atomic E-state index is 0.0551. The van der Waals surface area contributed by atoms with Gasteiger partial charge in [0.2, 0.25) is 11.8 Å². The summed E-state index contributed by atoms with van der Waals surface area (Å²) in [5, 5.41) is 16.0. The molecule has 5 aromatic rings. The van der Waals surface area contributed by atoms with Crippen molar-refractivity contribution < 1.29 is 29.0 Å². The fourth-order valence-corrected chi connectivity index (χ4v) is 5.03. The Kier molecular flexibility index (Phi) is 12.5. The number of benzene rings is 2. The molecule has 0 aliphatic rings. The monoisotopic (exact) mass is 676 g/mol. The van der Waals surface area contributed by atoms with Crippen LogP contribution >= 0.6 is 0 Å². The molecule has 0 saturated heterocycles. The quantitative estimate of drug-likeness (QED) is 0.130. The normalized spacial score (nSPS) is 11.9. The van der Waals surface area contributed by atoms with Crippen molar-refractivity contribution in [2.75, 3.05) is 11.9 Å². The van der Waals surface area contributed by atoms with Gasteiger partial charge in [-0.1, -0.05) is 66.7 Å². The van der Waals surface area contributed by atoms with Crippen molar-refractivity contribution >= 4 is 23.5 Å². The molecule has 2 aromatic carbocycles. The minimum Gasteiger partial charge on any atom is -0.478 e. The highest BCUT2D eigenvalue weighted by Gasteiger charge is 2.28. The third kappa shape index (κ3) is 10.1. The predicted molar refractivity (Wildman–Crippen MR) is 184 cm³/mol. The van der Waals surface area contributed by atoms with Crippen LogP contribution in [0.4, 0.5) is 10.5 Å². The highest BCUT2D eigenvalue weighted by atomic mass is 16.5. The van der Waals surface area contributed by atoms with Crippen molar-refractivity contribution in [2.45, 2.75) is 44.6 Å². The molecule has 0 aliphatic heterocycles. The van der Waals surface area contributed by atoms with Crippen LogP contribution in [0.1, 0.15) is 24.0 Å². The van der Waals surface area contributed by atoms with E-state index in [2.05, 4.69) is 25.6 Å². The summed E-state index contributed by atoms with van der Waals surface area (Å²) in [4.78, 5) is 65.8. The van der Waals surface area contributed by atoms with Crippen LogP contribution in [0, 0.1) is 0 Å². The van der Waals surface area contributed by atoms with E-state index in [4.69, 9.17) is 9.47 Å². The van der Waals surface area contributed by atoms with Gasteiger partial charge in [0.25, 0.3) is 5.56 Å². The number of hydrogen-bond acceptors (Lipinski definition) is 10. The lowest BCUT2D eigenvalue weighted by Gasteiger charge is -2.22. The van der Waals surface area contributed by atoms with Crippen LogP contribution in [0.15, 0.2) is 121 Å². The van der Waals surface area contributed by atoms with E-state index in [1.54, 1.807) is 79.3 Å². The third-order valence-electron chi connectivity index (χ3n) is 7.54. The fraction of sp³-hybridized carbons (Fsp3) is 0.216. The van der Waals surface area contributed by atoms with E-state index in [9.17, 15) is 24.3 Å². The van der Waals surface area contributed by atoms with E-state index < -0.39 is 42.0 Å². The summed E-state index contributed by atoms with van der Waals surface area (Å²) >= 11 is 0. The number of rotatable bonds is 16. The molecule has 2 amide bonds. The van der Waals surface area contributed by atoms with Gasteiger partial charge in [0.15, 0.2) is 5.78 Å². The summed E-state index contributed by atoms with van der Waals surface area (Å²) in [7, 11) is 0. The first-order valence-electron chi connectivity index (χ1n) is 15.9. The van der Waals surface area contributed by atoms with Crippen molar-refractivity contribution in [1.82, 2.24) is 24.8 Å². The number of hydrogen-bond donors (Lipinski definition) is 3. The molecule has 3 heterocycles. The number of ether oxygens (including phenoxy) is 2. The first-order chi connectivity index (χ1) is 24.4. The number of nitrogens with zero attached hydrogens (tertiary/aromatic N) is 4. The number of pyridine rings is 2. The number of anilines is 1. The Bertz CT molecular complexity index is 1910. The maximum atomic E-state index is 13.7. The summed E-state index contributed by atoms with van der Waals surface area (Å²) in [6.45, 7) is -0.360. The van der Waals surface area contributed by atoms with E-state index in [-0.39, 0.29) is 37.6 Å². The molecule has 13 nitrogen and oxygen atoms in total. The molecule has 13 heteroatoms. The van der Waals surface area contributed by atoms with Crippen LogP contribution in [0.5, 0.6) is 5.88 Å². The number of aliphatic hydroxyl groups excluding tert-OH is 1. The topological polar surface area (TPSA) is 175 Å². The van der Waals surface area contributed by atoms with Crippen LogP contribution < -0.4 is 20.9 Å². The van der Waals surface area contributed by atoms with Gasteiger partial charge < -0.3 is 19.9 Å². The minimum atomic E-state index is -1.38. The van der Waals surface area contributed by atoms with Gasteiger partial charge in [-0.25, -0.2) is 14.8 Å². The Balaban J connectivity index is 1.31. The lowest BCUT2D eigenvalue weighted by molar-refractivity contribution is -0.133. The van der Waals surface area contributed by atoms with Gasteiger partial charge in [-0.15, -0.1) is 0 Å². The summed E-state index contributed by atoms with van der Waals surface area (Å²) < 4.78 is 11.9. The average molecular weight is 677 g/mol. The molecule has 0 spiro atoms. The molecule has 0 bridgehead atoms. The van der Waals surface area contributed by atoms with Crippen LogP contribution in [0.3, 0.4) is 0 Å². The Morgan fingerprint density at radius 3 is 2.28 bits per heavy atom. The zero-order valence-electron chi connectivity index (χ0n) is 27.1. The van der Waals surface area contributed by atoms with E-state index in [1.165, 1.54) is 6.20 Å². The number of amides is 2. The van der Waals surface area contributed by atoms with Gasteiger partial charge in [0.1, 0.15) is 30.8 Å². The number of aliphatic hydroxyl groups is 1. The van der Waals surface area contributed by atoms with E-state index in [0.717, 1.165) is 10.1 Å².